The van der Waals surface area contributed by atoms with E-state index in [0.29, 0.717) is 0 Å². The van der Waals surface area contributed by atoms with Gasteiger partial charge < -0.3 is 4.98 Å². The van der Waals surface area contributed by atoms with E-state index in [9.17, 15) is 0 Å². The summed E-state index contributed by atoms with van der Waals surface area (Å²) in [5, 5.41) is 1.15. The van der Waals surface area contributed by atoms with Crippen LogP contribution < -0.4 is 0 Å². The lowest BCUT2D eigenvalue weighted by Gasteiger charge is -2.00. The Morgan fingerprint density at radius 2 is 2.00 bits per heavy atom. The summed E-state index contributed by atoms with van der Waals surface area (Å²) in [5.41, 5.74) is 3.45. The van der Waals surface area contributed by atoms with Gasteiger partial charge in [0.25, 0.3) is 0 Å². The maximum absolute atomic E-state index is 4.33. The quantitative estimate of drug-likeness (QED) is 0.793. The fourth-order valence-corrected chi connectivity index (χ4v) is 2.85. The fraction of sp³-hybridized carbons (Fsp3) is 0.200. The lowest BCUT2D eigenvalue weighted by Crippen LogP contribution is -1.91. The highest BCUT2D eigenvalue weighted by Crippen LogP contribution is 2.27. The highest BCUT2D eigenvalue weighted by Gasteiger charge is 2.08. The number of hydrogen-bond donors (Lipinski definition) is 1. The monoisotopic (exact) mass is 315 g/mol. The molecule has 3 aromatic rings. The van der Waals surface area contributed by atoms with Gasteiger partial charge in [0.05, 0.1) is 0 Å². The number of pyridine rings is 2. The molecule has 0 radical (unpaired) electrons. The minimum Gasteiger partial charge on any atom is -0.342 e. The maximum Gasteiger partial charge on any atom is 0.138 e. The third-order valence-corrected chi connectivity index (χ3v) is 4.10. The summed E-state index contributed by atoms with van der Waals surface area (Å²) in [6.45, 7) is 0. The topological polar surface area (TPSA) is 41.6 Å². The molecule has 3 nitrogen and oxygen atoms in total. The largest absolute Gasteiger partial charge is 0.342 e. The zero-order valence-electron chi connectivity index (χ0n) is 10.4. The third-order valence-electron chi connectivity index (χ3n) is 3.19. The van der Waals surface area contributed by atoms with Crippen molar-refractivity contribution in [2.45, 2.75) is 19.3 Å². The van der Waals surface area contributed by atoms with Crippen molar-refractivity contribution in [1.82, 2.24) is 15.0 Å². The smallest absolute Gasteiger partial charge is 0.138 e. The molecule has 0 aliphatic heterocycles. The Balaban J connectivity index is 1.70. The molecule has 0 saturated heterocycles. The summed E-state index contributed by atoms with van der Waals surface area (Å²) < 4.78 is 1.14. The lowest BCUT2D eigenvalue weighted by atomic mass is 10.1. The molecule has 0 spiro atoms. The summed E-state index contributed by atoms with van der Waals surface area (Å²) in [7, 11) is 0. The van der Waals surface area contributed by atoms with E-state index in [4.69, 9.17) is 0 Å². The van der Waals surface area contributed by atoms with Gasteiger partial charge in [0.15, 0.2) is 0 Å². The number of hydrogen-bond acceptors (Lipinski definition) is 2. The van der Waals surface area contributed by atoms with Crippen molar-refractivity contribution < 1.29 is 0 Å². The van der Waals surface area contributed by atoms with Gasteiger partial charge in [-0.15, -0.1) is 0 Å². The molecule has 0 saturated carbocycles. The molecule has 0 aromatic carbocycles. The number of nitrogens with zero attached hydrogens (tertiary/aromatic N) is 2. The summed E-state index contributed by atoms with van der Waals surface area (Å²) in [5.74, 6) is 0. The van der Waals surface area contributed by atoms with Crippen LogP contribution in [0.1, 0.15) is 17.7 Å². The number of rotatable bonds is 4. The van der Waals surface area contributed by atoms with Crippen LogP contribution in [0.3, 0.4) is 0 Å². The summed E-state index contributed by atoms with van der Waals surface area (Å²) in [4.78, 5) is 11.8. The van der Waals surface area contributed by atoms with Gasteiger partial charge >= 0.3 is 0 Å². The van der Waals surface area contributed by atoms with Crippen molar-refractivity contribution in [2.75, 3.05) is 0 Å². The Labute approximate surface area is 120 Å². The van der Waals surface area contributed by atoms with Crippen molar-refractivity contribution in [2.24, 2.45) is 0 Å². The Kier molecular flexibility index (Phi) is 3.60. The standard InChI is InChI=1S/C15H14BrN3/c16-14-12-6-3-9-18-15(12)19-13(14)7-1-4-11-5-2-8-17-10-11/h2-3,5-6,8-10H,1,4,7H2,(H,18,19). The SMILES string of the molecule is Brc1c(CCCc2cccnc2)[nH]c2ncccc12. The Bertz CT molecular complexity index is 676. The second kappa shape index (κ2) is 5.53. The second-order valence-electron chi connectivity index (χ2n) is 4.53. The molecule has 3 heterocycles. The zero-order valence-corrected chi connectivity index (χ0v) is 12.0. The molecule has 0 atom stereocenters. The van der Waals surface area contributed by atoms with E-state index >= 15 is 0 Å². The Morgan fingerprint density at radius 3 is 2.79 bits per heavy atom. The normalized spacial score (nSPS) is 11.0. The number of H-pyrrole nitrogens is 1. The Hall–Kier alpha value is -1.68. The first kappa shape index (κ1) is 12.4. The second-order valence-corrected chi connectivity index (χ2v) is 5.32. The minimum absolute atomic E-state index is 0.950. The first-order valence-corrected chi connectivity index (χ1v) is 7.14. The van der Waals surface area contributed by atoms with Crippen LogP contribution in [0.5, 0.6) is 0 Å². The number of nitrogens with one attached hydrogen (secondary N) is 1. The summed E-state index contributed by atoms with van der Waals surface area (Å²) in [6.07, 6.45) is 8.70. The molecular formula is C15H14BrN3. The number of fused-ring (bicyclic) bond motifs is 1. The molecule has 96 valence electrons. The average molecular weight is 316 g/mol. The van der Waals surface area contributed by atoms with Crippen molar-refractivity contribution >= 4 is 27.0 Å². The van der Waals surface area contributed by atoms with Crippen LogP contribution in [0.2, 0.25) is 0 Å². The van der Waals surface area contributed by atoms with E-state index in [0.717, 1.165) is 34.8 Å². The lowest BCUT2D eigenvalue weighted by molar-refractivity contribution is 0.800. The predicted molar refractivity (Wildman–Crippen MR) is 80.1 cm³/mol. The molecule has 0 amide bonds. The van der Waals surface area contributed by atoms with E-state index in [1.807, 2.05) is 30.7 Å². The van der Waals surface area contributed by atoms with Crippen LogP contribution in [-0.4, -0.2) is 15.0 Å². The summed E-state index contributed by atoms with van der Waals surface area (Å²) >= 11 is 3.65. The van der Waals surface area contributed by atoms with E-state index in [1.54, 1.807) is 0 Å². The van der Waals surface area contributed by atoms with E-state index < -0.39 is 0 Å². The van der Waals surface area contributed by atoms with E-state index in [-0.39, 0.29) is 0 Å². The number of aryl methyl sites for hydroxylation is 2. The van der Waals surface area contributed by atoms with Crippen LogP contribution in [-0.2, 0) is 12.8 Å². The molecule has 0 aliphatic carbocycles. The van der Waals surface area contributed by atoms with Crippen molar-refractivity contribution in [3.63, 3.8) is 0 Å². The molecular weight excluding hydrogens is 302 g/mol. The van der Waals surface area contributed by atoms with Crippen LogP contribution in [0.15, 0.2) is 47.3 Å². The molecule has 19 heavy (non-hydrogen) atoms. The molecule has 3 rings (SSSR count). The van der Waals surface area contributed by atoms with Gasteiger partial charge in [-0.05, 0) is 59.0 Å². The van der Waals surface area contributed by atoms with Gasteiger partial charge in [-0.1, -0.05) is 6.07 Å². The van der Waals surface area contributed by atoms with E-state index in [2.05, 4.69) is 43.0 Å². The summed E-state index contributed by atoms with van der Waals surface area (Å²) in [6, 6.07) is 8.14. The number of halogens is 1. The highest BCUT2D eigenvalue weighted by molar-refractivity contribution is 9.10. The van der Waals surface area contributed by atoms with Crippen LogP contribution >= 0.6 is 15.9 Å². The molecule has 0 fully saturated rings. The number of aromatic nitrogens is 3. The zero-order chi connectivity index (χ0) is 13.1. The highest BCUT2D eigenvalue weighted by atomic mass is 79.9. The first-order chi connectivity index (χ1) is 9.34. The van der Waals surface area contributed by atoms with Gasteiger partial charge in [-0.3, -0.25) is 4.98 Å². The minimum atomic E-state index is 0.950. The van der Waals surface area contributed by atoms with Crippen molar-refractivity contribution in [3.8, 4) is 0 Å². The van der Waals surface area contributed by atoms with Crippen LogP contribution in [0.25, 0.3) is 11.0 Å². The van der Waals surface area contributed by atoms with Gasteiger partial charge in [0.2, 0.25) is 0 Å². The fourth-order valence-electron chi connectivity index (χ4n) is 2.23. The van der Waals surface area contributed by atoms with Gasteiger partial charge in [-0.25, -0.2) is 4.98 Å². The number of aromatic amines is 1. The first-order valence-electron chi connectivity index (χ1n) is 6.34. The van der Waals surface area contributed by atoms with Crippen molar-refractivity contribution in [3.05, 3.63) is 58.6 Å². The average Bonchev–Trinajstić information content (AvgIpc) is 2.78. The maximum atomic E-state index is 4.33. The molecule has 4 heteroatoms. The molecule has 0 unspecified atom stereocenters. The van der Waals surface area contributed by atoms with Gasteiger partial charge in [-0.2, -0.15) is 0 Å². The van der Waals surface area contributed by atoms with Gasteiger partial charge in [0.1, 0.15) is 5.65 Å². The van der Waals surface area contributed by atoms with Crippen LogP contribution in [0.4, 0.5) is 0 Å². The third kappa shape index (κ3) is 2.68. The van der Waals surface area contributed by atoms with Crippen molar-refractivity contribution in [1.29, 1.82) is 0 Å². The molecule has 1 N–H and O–H groups in total. The predicted octanol–water partition coefficient (Wildman–Crippen LogP) is 3.90. The van der Waals surface area contributed by atoms with E-state index in [1.165, 1.54) is 11.3 Å². The molecule has 0 bridgehead atoms. The molecule has 3 aromatic heterocycles. The molecule has 0 aliphatic rings. The Morgan fingerprint density at radius 1 is 1.11 bits per heavy atom. The van der Waals surface area contributed by atoms with Crippen LogP contribution in [0, 0.1) is 0 Å². The van der Waals surface area contributed by atoms with Gasteiger partial charge in [0, 0.05) is 34.1 Å².